The fourth-order valence-corrected chi connectivity index (χ4v) is 3.82. The molecule has 0 aromatic carbocycles. The molecule has 2 aliphatic heterocycles. The van der Waals surface area contributed by atoms with Crippen LogP contribution in [0.4, 0.5) is 0 Å². The number of pyridine rings is 1. The van der Waals surface area contributed by atoms with Crippen LogP contribution in [0.15, 0.2) is 40.2 Å². The molecule has 0 bridgehead atoms. The predicted octanol–water partition coefficient (Wildman–Crippen LogP) is 4.15. The number of aromatic nitrogens is 1. The van der Waals surface area contributed by atoms with Crippen LogP contribution in [-0.2, 0) is 12.8 Å². The van der Waals surface area contributed by atoms with Crippen molar-refractivity contribution >= 4 is 22.1 Å². The highest BCUT2D eigenvalue weighted by Crippen LogP contribution is 2.27. The van der Waals surface area contributed by atoms with Gasteiger partial charge in [-0.25, -0.2) is 0 Å². The Labute approximate surface area is 164 Å². The van der Waals surface area contributed by atoms with Crippen LogP contribution in [0.25, 0.3) is 0 Å². The summed E-state index contributed by atoms with van der Waals surface area (Å²) in [6.07, 6.45) is 14.0. The number of hydrogen-bond donors (Lipinski definition) is 1. The van der Waals surface area contributed by atoms with Gasteiger partial charge < -0.3 is 10.1 Å². The lowest BCUT2D eigenvalue weighted by Gasteiger charge is -2.33. The molecule has 6 heteroatoms. The summed E-state index contributed by atoms with van der Waals surface area (Å²) in [4.78, 5) is 4.74. The molecule has 1 aromatic rings. The maximum atomic E-state index is 5.83. The van der Waals surface area contributed by atoms with Crippen LogP contribution in [-0.4, -0.2) is 34.5 Å². The summed E-state index contributed by atoms with van der Waals surface area (Å²) in [5, 5.41) is 10.1. The largest absolute Gasteiger partial charge is 0.489 e. The molecule has 3 heterocycles. The molecular weight excluding hydrogens is 392 g/mol. The third-order valence-corrected chi connectivity index (χ3v) is 5.15. The lowest BCUT2D eigenvalue weighted by atomic mass is 10.0. The second-order valence-corrected chi connectivity index (χ2v) is 7.86. The molecule has 0 spiro atoms. The third kappa shape index (κ3) is 4.47. The second kappa shape index (κ2) is 8.71. The third-order valence-electron chi connectivity index (χ3n) is 4.45. The average molecular weight is 419 g/mol. The zero-order valence-corrected chi connectivity index (χ0v) is 17.2. The molecule has 140 valence electrons. The smallest absolute Gasteiger partial charge is 0.148 e. The SMILES string of the molecule is CCCc1cc(OC(C)C)cnc1CC1CC=NN1C1NC=CC=C1Br. The molecular formula is C20H27BrN4O. The average Bonchev–Trinajstić information content (AvgIpc) is 3.05. The van der Waals surface area contributed by atoms with Crippen LogP contribution in [0.3, 0.4) is 0 Å². The summed E-state index contributed by atoms with van der Waals surface area (Å²) in [5.74, 6) is 0.858. The Bertz CT molecular complexity index is 714. The number of hydrazone groups is 1. The number of aryl methyl sites for hydroxylation is 1. The number of allylic oxidation sites excluding steroid dienone is 2. The lowest BCUT2D eigenvalue weighted by molar-refractivity contribution is 0.170. The van der Waals surface area contributed by atoms with Crippen molar-refractivity contribution in [1.82, 2.24) is 15.3 Å². The van der Waals surface area contributed by atoms with E-state index in [1.165, 1.54) is 5.56 Å². The van der Waals surface area contributed by atoms with E-state index in [1.807, 2.05) is 38.5 Å². The molecule has 0 saturated carbocycles. The Balaban J connectivity index is 1.76. The molecule has 2 atom stereocenters. The molecule has 0 fully saturated rings. The highest BCUT2D eigenvalue weighted by atomic mass is 79.9. The van der Waals surface area contributed by atoms with E-state index in [1.54, 1.807) is 0 Å². The molecule has 1 aromatic heterocycles. The van der Waals surface area contributed by atoms with Crippen molar-refractivity contribution in [3.8, 4) is 5.75 Å². The standard InChI is InChI=1S/C20H27BrN4O/c1-4-6-15-11-17(26-14(2)3)13-23-19(15)12-16-8-10-24-25(16)20-18(21)7-5-9-22-20/h5,7,9-11,13-14,16,20,22H,4,6,8,12H2,1-3H3. The van der Waals surface area contributed by atoms with E-state index < -0.39 is 0 Å². The van der Waals surface area contributed by atoms with Gasteiger partial charge in [0.15, 0.2) is 0 Å². The zero-order valence-electron chi connectivity index (χ0n) is 15.7. The van der Waals surface area contributed by atoms with Gasteiger partial charge in [0.05, 0.1) is 18.3 Å². The summed E-state index contributed by atoms with van der Waals surface area (Å²) in [6, 6.07) is 2.45. The molecule has 2 unspecified atom stereocenters. The fraction of sp³-hybridized carbons (Fsp3) is 0.500. The fourth-order valence-electron chi connectivity index (χ4n) is 3.33. The first-order valence-electron chi connectivity index (χ1n) is 9.32. The molecule has 5 nitrogen and oxygen atoms in total. The number of nitrogens with one attached hydrogen (secondary N) is 1. The van der Waals surface area contributed by atoms with Crippen LogP contribution >= 0.6 is 15.9 Å². The molecule has 0 amide bonds. The Morgan fingerprint density at radius 3 is 3.00 bits per heavy atom. The number of ether oxygens (including phenoxy) is 1. The van der Waals surface area contributed by atoms with Gasteiger partial charge in [-0.15, -0.1) is 0 Å². The van der Waals surface area contributed by atoms with Crippen LogP contribution < -0.4 is 10.1 Å². The zero-order chi connectivity index (χ0) is 18.5. The van der Waals surface area contributed by atoms with E-state index in [9.17, 15) is 0 Å². The number of rotatable bonds is 7. The van der Waals surface area contributed by atoms with E-state index >= 15 is 0 Å². The van der Waals surface area contributed by atoms with Gasteiger partial charge in [-0.2, -0.15) is 5.10 Å². The first-order chi connectivity index (χ1) is 12.6. The predicted molar refractivity (Wildman–Crippen MR) is 110 cm³/mol. The summed E-state index contributed by atoms with van der Waals surface area (Å²) < 4.78 is 6.92. The Morgan fingerprint density at radius 1 is 1.42 bits per heavy atom. The Morgan fingerprint density at radius 2 is 2.27 bits per heavy atom. The Kier molecular flexibility index (Phi) is 6.35. The van der Waals surface area contributed by atoms with Crippen molar-refractivity contribution in [1.29, 1.82) is 0 Å². The van der Waals surface area contributed by atoms with Crippen LogP contribution in [0.5, 0.6) is 5.75 Å². The van der Waals surface area contributed by atoms with Crippen molar-refractivity contribution in [2.75, 3.05) is 0 Å². The molecule has 3 rings (SSSR count). The van der Waals surface area contributed by atoms with Crippen LogP contribution in [0.2, 0.25) is 0 Å². The maximum absolute atomic E-state index is 5.83. The summed E-state index contributed by atoms with van der Waals surface area (Å²) >= 11 is 3.65. The van der Waals surface area contributed by atoms with Gasteiger partial charge in [0.2, 0.25) is 0 Å². The van der Waals surface area contributed by atoms with Gasteiger partial charge in [0, 0.05) is 29.2 Å². The van der Waals surface area contributed by atoms with Gasteiger partial charge >= 0.3 is 0 Å². The van der Waals surface area contributed by atoms with Crippen molar-refractivity contribution in [3.05, 3.63) is 46.4 Å². The monoisotopic (exact) mass is 418 g/mol. The number of dihydropyridines is 1. The molecule has 2 aliphatic rings. The summed E-state index contributed by atoms with van der Waals surface area (Å²) in [7, 11) is 0. The number of halogens is 1. The van der Waals surface area contributed by atoms with Gasteiger partial charge in [0.25, 0.3) is 0 Å². The first kappa shape index (κ1) is 19.0. The van der Waals surface area contributed by atoms with E-state index in [0.717, 1.165) is 41.6 Å². The van der Waals surface area contributed by atoms with Crippen molar-refractivity contribution in [2.24, 2.45) is 5.10 Å². The Hall–Kier alpha value is -1.82. The van der Waals surface area contributed by atoms with E-state index in [4.69, 9.17) is 9.72 Å². The normalized spacial score (nSPS) is 21.9. The molecule has 26 heavy (non-hydrogen) atoms. The van der Waals surface area contributed by atoms with Crippen LogP contribution in [0, 0.1) is 0 Å². The minimum Gasteiger partial charge on any atom is -0.489 e. The molecule has 1 N–H and O–H groups in total. The van der Waals surface area contributed by atoms with Gasteiger partial charge in [-0.05, 0) is 50.3 Å². The van der Waals surface area contributed by atoms with E-state index in [0.29, 0.717) is 6.04 Å². The molecule has 0 saturated heterocycles. The molecule has 0 radical (unpaired) electrons. The van der Waals surface area contributed by atoms with Gasteiger partial charge in [-0.1, -0.05) is 29.3 Å². The maximum Gasteiger partial charge on any atom is 0.148 e. The summed E-state index contributed by atoms with van der Waals surface area (Å²) in [6.45, 7) is 6.28. The number of hydrogen-bond acceptors (Lipinski definition) is 5. The topological polar surface area (TPSA) is 49.8 Å². The van der Waals surface area contributed by atoms with Crippen molar-refractivity contribution < 1.29 is 4.74 Å². The van der Waals surface area contributed by atoms with Crippen molar-refractivity contribution in [3.63, 3.8) is 0 Å². The second-order valence-electron chi connectivity index (χ2n) is 6.95. The van der Waals surface area contributed by atoms with E-state index in [-0.39, 0.29) is 12.3 Å². The highest BCUT2D eigenvalue weighted by molar-refractivity contribution is 9.11. The highest BCUT2D eigenvalue weighted by Gasteiger charge is 2.30. The van der Waals surface area contributed by atoms with Crippen molar-refractivity contribution in [2.45, 2.75) is 64.8 Å². The minimum atomic E-state index is 0.0434. The lowest BCUT2D eigenvalue weighted by Crippen LogP contribution is -2.46. The molecule has 0 aliphatic carbocycles. The number of nitrogens with zero attached hydrogens (tertiary/aromatic N) is 3. The summed E-state index contributed by atoms with van der Waals surface area (Å²) in [5.41, 5.74) is 2.43. The van der Waals surface area contributed by atoms with E-state index in [2.05, 4.69) is 50.4 Å². The van der Waals surface area contributed by atoms with Gasteiger partial charge in [-0.3, -0.25) is 9.99 Å². The minimum absolute atomic E-state index is 0.0434. The first-order valence-corrected chi connectivity index (χ1v) is 10.1. The van der Waals surface area contributed by atoms with Gasteiger partial charge in [0.1, 0.15) is 11.9 Å². The van der Waals surface area contributed by atoms with Crippen LogP contribution in [0.1, 0.15) is 44.9 Å². The quantitative estimate of drug-likeness (QED) is 0.722.